The summed E-state index contributed by atoms with van der Waals surface area (Å²) in [7, 11) is 1.41. The first-order valence-electron chi connectivity index (χ1n) is 10.9. The molecule has 2 rings (SSSR count). The van der Waals surface area contributed by atoms with Crippen molar-refractivity contribution in [2.45, 2.75) is 59.1 Å². The molecule has 194 valence electrons. The Kier molecular flexibility index (Phi) is 10.1. The van der Waals surface area contributed by atoms with Gasteiger partial charge in [0.15, 0.2) is 5.69 Å². The van der Waals surface area contributed by atoms with Crippen LogP contribution >= 0.6 is 11.3 Å². The van der Waals surface area contributed by atoms with Crippen LogP contribution in [-0.4, -0.2) is 30.0 Å². The van der Waals surface area contributed by atoms with E-state index in [0.29, 0.717) is 17.8 Å². The number of esters is 1. The summed E-state index contributed by atoms with van der Waals surface area (Å²) in [5.74, 6) is -14.3. The highest BCUT2D eigenvalue weighted by Crippen LogP contribution is 2.31. The van der Waals surface area contributed by atoms with Crippen LogP contribution in [0.1, 0.15) is 68.6 Å². The molecule has 6 nitrogen and oxygen atoms in total. The van der Waals surface area contributed by atoms with Crippen molar-refractivity contribution in [2.24, 2.45) is 11.8 Å². The smallest absolute Gasteiger partial charge is 0.363 e. The lowest BCUT2D eigenvalue weighted by Gasteiger charge is -2.26. The molecule has 3 atom stereocenters. The van der Waals surface area contributed by atoms with Crippen LogP contribution in [0.2, 0.25) is 0 Å². The van der Waals surface area contributed by atoms with E-state index in [9.17, 15) is 31.5 Å². The minimum Gasteiger partial charge on any atom is -0.415 e. The molecule has 1 amide bonds. The van der Waals surface area contributed by atoms with Crippen LogP contribution in [0.3, 0.4) is 0 Å². The summed E-state index contributed by atoms with van der Waals surface area (Å²) >= 11 is 0.980. The van der Waals surface area contributed by atoms with E-state index < -0.39 is 52.6 Å². The van der Waals surface area contributed by atoms with Crippen molar-refractivity contribution in [1.82, 2.24) is 10.3 Å². The highest BCUT2D eigenvalue weighted by molar-refractivity contribution is 7.09. The molecule has 0 bridgehead atoms. The van der Waals surface area contributed by atoms with Gasteiger partial charge in [0, 0.05) is 31.4 Å². The zero-order valence-corrected chi connectivity index (χ0v) is 20.7. The van der Waals surface area contributed by atoms with Crippen molar-refractivity contribution in [3.8, 4) is 5.75 Å². The molecule has 1 aromatic heterocycles. The number of methoxy groups -OCH3 is 1. The van der Waals surface area contributed by atoms with E-state index in [1.54, 1.807) is 0 Å². The van der Waals surface area contributed by atoms with Crippen LogP contribution in [0.4, 0.5) is 22.0 Å². The van der Waals surface area contributed by atoms with Gasteiger partial charge in [-0.25, -0.2) is 22.9 Å². The number of amides is 1. The van der Waals surface area contributed by atoms with E-state index in [1.807, 2.05) is 27.7 Å². The molecular weight excluding hydrogens is 495 g/mol. The third-order valence-corrected chi connectivity index (χ3v) is 6.44. The largest absolute Gasteiger partial charge is 0.415 e. The Morgan fingerprint density at radius 3 is 2.11 bits per heavy atom. The number of rotatable bonds is 11. The minimum absolute atomic E-state index is 0.0483. The average molecular weight is 523 g/mol. The van der Waals surface area contributed by atoms with Gasteiger partial charge in [0.05, 0.1) is 0 Å². The molecule has 0 aliphatic rings. The Bertz CT molecular complexity index is 1030. The lowest BCUT2D eigenvalue weighted by atomic mass is 9.96. The monoisotopic (exact) mass is 522 g/mol. The molecule has 2 aromatic rings. The van der Waals surface area contributed by atoms with Gasteiger partial charge in [-0.3, -0.25) is 4.79 Å². The Morgan fingerprint density at radius 1 is 1.03 bits per heavy atom. The predicted molar refractivity (Wildman–Crippen MR) is 119 cm³/mol. The number of thiazole rings is 1. The van der Waals surface area contributed by atoms with Gasteiger partial charge >= 0.3 is 5.97 Å². The molecule has 0 aliphatic heterocycles. The Balaban J connectivity index is 2.17. The molecule has 0 radical (unpaired) electrons. The van der Waals surface area contributed by atoms with Crippen LogP contribution in [0.15, 0.2) is 5.38 Å². The Morgan fingerprint density at radius 2 is 1.60 bits per heavy atom. The van der Waals surface area contributed by atoms with Gasteiger partial charge in [-0.15, -0.1) is 11.3 Å². The van der Waals surface area contributed by atoms with Crippen LogP contribution in [0, 0.1) is 40.9 Å². The summed E-state index contributed by atoms with van der Waals surface area (Å²) in [5.41, 5.74) is -0.405. The maximum atomic E-state index is 13.8. The van der Waals surface area contributed by atoms with Gasteiger partial charge in [-0.05, 0) is 11.8 Å². The quantitative estimate of drug-likeness (QED) is 0.134. The lowest BCUT2D eigenvalue weighted by Crippen LogP contribution is -2.40. The van der Waals surface area contributed by atoms with Gasteiger partial charge < -0.3 is 14.8 Å². The fraction of sp³-hybridized carbons (Fsp3) is 0.522. The first kappa shape index (κ1) is 28.6. The van der Waals surface area contributed by atoms with Gasteiger partial charge in [0.1, 0.15) is 11.1 Å². The number of hydrogen-bond donors (Lipinski definition) is 1. The molecule has 1 heterocycles. The summed E-state index contributed by atoms with van der Waals surface area (Å²) in [5, 5.41) is 4.50. The number of nitrogens with one attached hydrogen (secondary N) is 1. The lowest BCUT2D eigenvalue weighted by molar-refractivity contribution is -0.123. The van der Waals surface area contributed by atoms with Crippen LogP contribution in [0.5, 0.6) is 5.75 Å². The number of hydrogen-bond acceptors (Lipinski definition) is 6. The number of benzene rings is 1. The summed E-state index contributed by atoms with van der Waals surface area (Å²) in [4.78, 5) is 28.7. The van der Waals surface area contributed by atoms with Crippen molar-refractivity contribution in [3.63, 3.8) is 0 Å². The summed E-state index contributed by atoms with van der Waals surface area (Å²) in [6.07, 6.45) is 0.915. The normalized spacial score (nSPS) is 14.0. The molecule has 0 fully saturated rings. The number of aromatic nitrogens is 1. The molecule has 0 saturated heterocycles. The van der Waals surface area contributed by atoms with Crippen LogP contribution in [-0.2, 0) is 9.53 Å². The average Bonchev–Trinajstić information content (AvgIpc) is 3.31. The number of nitrogens with zero attached hydrogens (tertiary/aromatic N) is 1. The highest BCUT2D eigenvalue weighted by atomic mass is 32.1. The summed E-state index contributed by atoms with van der Waals surface area (Å²) < 4.78 is 77.5. The SMILES string of the molecule is CC[C@H](C)CC(=O)NC(CC(OC)c1nc(C(=O)Oc2c(F)c(F)c(F)c(F)c2F)cs1)C(C)C. The minimum atomic E-state index is -2.37. The van der Waals surface area contributed by atoms with Crippen molar-refractivity contribution < 1.29 is 41.0 Å². The number of halogens is 5. The molecule has 2 unspecified atom stereocenters. The molecule has 0 spiro atoms. The number of carbonyl (C=O) groups excluding carboxylic acids is 2. The van der Waals surface area contributed by atoms with Gasteiger partial charge in [-0.2, -0.15) is 8.78 Å². The third-order valence-electron chi connectivity index (χ3n) is 5.51. The zero-order chi connectivity index (χ0) is 26.4. The standard InChI is InChI=1S/C23H27F5N2O4S/c1-6-11(4)7-15(31)29-12(10(2)3)8-14(33-5)22-30-13(9-35-22)23(32)34-21-19(27)17(25)16(24)18(26)20(21)28/h9-12,14H,6-8H2,1-5H3,(H,29,31)/t11-,12?,14?/m0/s1. The first-order chi connectivity index (χ1) is 16.4. The number of carbonyl (C=O) groups is 2. The molecule has 0 aliphatic carbocycles. The van der Waals surface area contributed by atoms with Crippen LogP contribution in [0.25, 0.3) is 0 Å². The summed E-state index contributed by atoms with van der Waals surface area (Å²) in [6, 6.07) is -0.274. The number of ether oxygens (including phenoxy) is 2. The van der Waals surface area contributed by atoms with Crippen molar-refractivity contribution in [3.05, 3.63) is 45.2 Å². The fourth-order valence-electron chi connectivity index (χ4n) is 3.10. The zero-order valence-electron chi connectivity index (χ0n) is 19.9. The molecular formula is C23H27F5N2O4S. The maximum absolute atomic E-state index is 13.8. The Hall–Kier alpha value is -2.60. The second-order valence-electron chi connectivity index (χ2n) is 8.46. The second kappa shape index (κ2) is 12.4. The van der Waals surface area contributed by atoms with Crippen molar-refractivity contribution in [2.75, 3.05) is 7.11 Å². The Labute approximate surface area is 203 Å². The molecule has 0 saturated carbocycles. The molecule has 1 aromatic carbocycles. The fourth-order valence-corrected chi connectivity index (χ4v) is 3.98. The topological polar surface area (TPSA) is 77.5 Å². The highest BCUT2D eigenvalue weighted by Gasteiger charge is 2.30. The summed E-state index contributed by atoms with van der Waals surface area (Å²) in [6.45, 7) is 7.82. The third kappa shape index (κ3) is 6.97. The maximum Gasteiger partial charge on any atom is 0.363 e. The van der Waals surface area contributed by atoms with Crippen LogP contribution < -0.4 is 10.1 Å². The predicted octanol–water partition coefficient (Wildman–Crippen LogP) is 5.71. The molecule has 1 N–H and O–H groups in total. The van der Waals surface area contributed by atoms with E-state index in [2.05, 4.69) is 15.0 Å². The van der Waals surface area contributed by atoms with E-state index in [4.69, 9.17) is 4.74 Å². The van der Waals surface area contributed by atoms with Gasteiger partial charge in [0.2, 0.25) is 40.7 Å². The van der Waals surface area contributed by atoms with Crippen molar-refractivity contribution >= 4 is 23.2 Å². The van der Waals surface area contributed by atoms with E-state index in [0.717, 1.165) is 17.8 Å². The second-order valence-corrected chi connectivity index (χ2v) is 9.34. The van der Waals surface area contributed by atoms with Gasteiger partial charge in [-0.1, -0.05) is 34.1 Å². The molecule has 12 heteroatoms. The van der Waals surface area contributed by atoms with E-state index in [-0.39, 0.29) is 23.8 Å². The van der Waals surface area contributed by atoms with Crippen molar-refractivity contribution in [1.29, 1.82) is 0 Å². The first-order valence-corrected chi connectivity index (χ1v) is 11.8. The molecule has 35 heavy (non-hydrogen) atoms. The van der Waals surface area contributed by atoms with E-state index in [1.165, 1.54) is 12.5 Å². The van der Waals surface area contributed by atoms with E-state index >= 15 is 0 Å². The van der Waals surface area contributed by atoms with Gasteiger partial charge in [0.25, 0.3) is 0 Å².